The van der Waals surface area contributed by atoms with Crippen LogP contribution in [0, 0.1) is 11.6 Å². The van der Waals surface area contributed by atoms with Crippen LogP contribution in [-0.4, -0.2) is 13.1 Å². The fourth-order valence-electron chi connectivity index (χ4n) is 2.05. The van der Waals surface area contributed by atoms with E-state index < -0.39 is 17.3 Å². The van der Waals surface area contributed by atoms with Crippen LogP contribution in [0.4, 0.5) is 14.5 Å². The van der Waals surface area contributed by atoms with E-state index in [0.717, 1.165) is 0 Å². The van der Waals surface area contributed by atoms with Crippen molar-refractivity contribution in [3.8, 4) is 0 Å². The highest BCUT2D eigenvalue weighted by molar-refractivity contribution is 5.85. The minimum atomic E-state index is -1.21. The molecular formula is C16H15F2NO2. The third-order valence-corrected chi connectivity index (χ3v) is 3.25. The molecule has 21 heavy (non-hydrogen) atoms. The second-order valence-electron chi connectivity index (χ2n) is 4.76. The average molecular weight is 291 g/mol. The number of anilines is 1. The number of esters is 1. The van der Waals surface area contributed by atoms with Gasteiger partial charge < -0.3 is 10.1 Å². The zero-order valence-corrected chi connectivity index (χ0v) is 11.7. The van der Waals surface area contributed by atoms with Gasteiger partial charge in [-0.2, -0.15) is 0 Å². The number of methoxy groups -OCH3 is 1. The Bertz CT molecular complexity index is 626. The van der Waals surface area contributed by atoms with Crippen molar-refractivity contribution in [1.29, 1.82) is 0 Å². The van der Waals surface area contributed by atoms with E-state index in [0.29, 0.717) is 11.3 Å². The van der Waals surface area contributed by atoms with E-state index in [1.807, 2.05) is 0 Å². The Morgan fingerprint density at radius 3 is 1.95 bits per heavy atom. The van der Waals surface area contributed by atoms with Gasteiger partial charge in [0.2, 0.25) is 0 Å². The van der Waals surface area contributed by atoms with Crippen LogP contribution in [-0.2, 0) is 15.1 Å². The Balaban J connectivity index is 2.39. The Kier molecular flexibility index (Phi) is 4.21. The van der Waals surface area contributed by atoms with Crippen LogP contribution in [0.25, 0.3) is 0 Å². The monoisotopic (exact) mass is 291 g/mol. The van der Waals surface area contributed by atoms with Crippen molar-refractivity contribution >= 4 is 11.7 Å². The van der Waals surface area contributed by atoms with Gasteiger partial charge in [0, 0.05) is 5.69 Å². The minimum absolute atomic E-state index is 0.373. The van der Waals surface area contributed by atoms with Crippen LogP contribution in [0.2, 0.25) is 0 Å². The maximum Gasteiger partial charge on any atom is 0.335 e. The van der Waals surface area contributed by atoms with Crippen molar-refractivity contribution in [3.05, 3.63) is 65.7 Å². The Morgan fingerprint density at radius 2 is 1.48 bits per heavy atom. The first-order valence-corrected chi connectivity index (χ1v) is 6.34. The van der Waals surface area contributed by atoms with E-state index in [4.69, 9.17) is 4.74 Å². The minimum Gasteiger partial charge on any atom is -0.467 e. The molecule has 0 aliphatic rings. The van der Waals surface area contributed by atoms with Crippen molar-refractivity contribution in [2.24, 2.45) is 0 Å². The van der Waals surface area contributed by atoms with Gasteiger partial charge in [-0.25, -0.2) is 13.6 Å². The average Bonchev–Trinajstić information content (AvgIpc) is 2.49. The largest absolute Gasteiger partial charge is 0.467 e. The third-order valence-electron chi connectivity index (χ3n) is 3.25. The molecule has 0 heterocycles. The summed E-state index contributed by atoms with van der Waals surface area (Å²) in [7, 11) is 1.27. The molecule has 2 rings (SSSR count). The lowest BCUT2D eigenvalue weighted by Crippen LogP contribution is -2.41. The first kappa shape index (κ1) is 15.0. The molecule has 1 unspecified atom stereocenters. The second kappa shape index (κ2) is 5.91. The number of halogens is 2. The summed E-state index contributed by atoms with van der Waals surface area (Å²) in [6, 6.07) is 11.1. The molecule has 1 N–H and O–H groups in total. The van der Waals surface area contributed by atoms with Crippen molar-refractivity contribution in [1.82, 2.24) is 0 Å². The lowest BCUT2D eigenvalue weighted by Gasteiger charge is -2.29. The van der Waals surface area contributed by atoms with Crippen LogP contribution in [0.1, 0.15) is 12.5 Å². The zero-order valence-electron chi connectivity index (χ0n) is 11.7. The van der Waals surface area contributed by atoms with E-state index in [1.54, 1.807) is 6.92 Å². The van der Waals surface area contributed by atoms with Gasteiger partial charge in [-0.15, -0.1) is 0 Å². The van der Waals surface area contributed by atoms with Crippen molar-refractivity contribution in [2.45, 2.75) is 12.5 Å². The van der Waals surface area contributed by atoms with E-state index in [-0.39, 0.29) is 5.82 Å². The zero-order chi connectivity index (χ0) is 15.5. The fourth-order valence-corrected chi connectivity index (χ4v) is 2.05. The maximum atomic E-state index is 13.1. The normalized spacial score (nSPS) is 13.3. The van der Waals surface area contributed by atoms with E-state index in [9.17, 15) is 13.6 Å². The molecule has 0 aromatic heterocycles. The predicted molar refractivity (Wildman–Crippen MR) is 75.8 cm³/mol. The molecule has 5 heteroatoms. The molecule has 0 amide bonds. The summed E-state index contributed by atoms with van der Waals surface area (Å²) in [4.78, 5) is 12.1. The first-order valence-electron chi connectivity index (χ1n) is 6.34. The molecule has 0 spiro atoms. The van der Waals surface area contributed by atoms with Gasteiger partial charge in [0.1, 0.15) is 11.6 Å². The first-order chi connectivity index (χ1) is 9.95. The molecule has 0 radical (unpaired) electrons. The molecule has 0 aliphatic heterocycles. The smallest absolute Gasteiger partial charge is 0.335 e. The summed E-state index contributed by atoms with van der Waals surface area (Å²) in [5, 5.41) is 3.01. The Hall–Kier alpha value is -2.43. The molecule has 0 saturated heterocycles. The summed E-state index contributed by atoms with van der Waals surface area (Å²) < 4.78 is 30.8. The summed E-state index contributed by atoms with van der Waals surface area (Å²) in [5.74, 6) is -1.30. The van der Waals surface area contributed by atoms with Gasteiger partial charge in [-0.3, -0.25) is 0 Å². The number of benzene rings is 2. The number of nitrogens with one attached hydrogen (secondary N) is 1. The maximum absolute atomic E-state index is 13.1. The summed E-state index contributed by atoms with van der Waals surface area (Å²) in [6.07, 6.45) is 0. The lowest BCUT2D eigenvalue weighted by atomic mass is 9.91. The van der Waals surface area contributed by atoms with Gasteiger partial charge in [-0.05, 0) is 48.9 Å². The highest BCUT2D eigenvalue weighted by atomic mass is 19.1. The Morgan fingerprint density at radius 1 is 1.00 bits per heavy atom. The van der Waals surface area contributed by atoms with Crippen molar-refractivity contribution in [2.75, 3.05) is 12.4 Å². The molecule has 2 aromatic carbocycles. The molecule has 0 fully saturated rings. The molecule has 110 valence electrons. The van der Waals surface area contributed by atoms with Crippen molar-refractivity contribution < 1.29 is 18.3 Å². The number of ether oxygens (including phenoxy) is 1. The summed E-state index contributed by atoms with van der Waals surface area (Å²) >= 11 is 0. The van der Waals surface area contributed by atoms with Crippen LogP contribution >= 0.6 is 0 Å². The number of rotatable bonds is 4. The van der Waals surface area contributed by atoms with Gasteiger partial charge in [0.25, 0.3) is 0 Å². The topological polar surface area (TPSA) is 38.3 Å². The molecule has 3 nitrogen and oxygen atoms in total. The lowest BCUT2D eigenvalue weighted by molar-refractivity contribution is -0.145. The standard InChI is InChI=1S/C16H15F2NO2/c1-16(15(20)21-2,11-3-5-12(17)6-4-11)19-14-9-7-13(18)8-10-14/h3-10,19H,1-2H3. The molecule has 1 atom stereocenters. The summed E-state index contributed by atoms with van der Waals surface area (Å²) in [6.45, 7) is 1.62. The number of hydrogen-bond acceptors (Lipinski definition) is 3. The van der Waals surface area contributed by atoms with Crippen LogP contribution < -0.4 is 5.32 Å². The van der Waals surface area contributed by atoms with Crippen molar-refractivity contribution in [3.63, 3.8) is 0 Å². The van der Waals surface area contributed by atoms with Gasteiger partial charge in [-0.1, -0.05) is 12.1 Å². The van der Waals surface area contributed by atoms with E-state index in [1.165, 1.54) is 55.6 Å². The Labute approximate surface area is 121 Å². The summed E-state index contributed by atoms with van der Waals surface area (Å²) in [5.41, 5.74) is -0.117. The van der Waals surface area contributed by atoms with Crippen LogP contribution in [0.5, 0.6) is 0 Å². The van der Waals surface area contributed by atoms with Gasteiger partial charge in [0.05, 0.1) is 7.11 Å². The molecular weight excluding hydrogens is 276 g/mol. The molecule has 0 bridgehead atoms. The molecule has 0 saturated carbocycles. The molecule has 0 aliphatic carbocycles. The highest BCUT2D eigenvalue weighted by Crippen LogP contribution is 2.28. The predicted octanol–water partition coefficient (Wildman–Crippen LogP) is 3.47. The number of carbonyl (C=O) groups excluding carboxylic acids is 1. The third kappa shape index (κ3) is 3.18. The SMILES string of the molecule is COC(=O)C(C)(Nc1ccc(F)cc1)c1ccc(F)cc1. The van der Waals surface area contributed by atoms with Crippen LogP contribution in [0.15, 0.2) is 48.5 Å². The fraction of sp³-hybridized carbons (Fsp3) is 0.188. The second-order valence-corrected chi connectivity index (χ2v) is 4.76. The van der Waals surface area contributed by atoms with E-state index in [2.05, 4.69) is 5.32 Å². The van der Waals surface area contributed by atoms with Crippen LogP contribution in [0.3, 0.4) is 0 Å². The quantitative estimate of drug-likeness (QED) is 0.877. The van der Waals surface area contributed by atoms with Gasteiger partial charge >= 0.3 is 5.97 Å². The molecule has 2 aromatic rings. The van der Waals surface area contributed by atoms with Gasteiger partial charge in [0.15, 0.2) is 5.54 Å². The highest BCUT2D eigenvalue weighted by Gasteiger charge is 2.36. The van der Waals surface area contributed by atoms with E-state index >= 15 is 0 Å². The number of hydrogen-bond donors (Lipinski definition) is 1. The number of carbonyl (C=O) groups is 1.